The molecule has 1 aromatic heterocycles. The molecule has 9 heteroatoms. The number of pyridine rings is 1. The first-order valence-electron chi connectivity index (χ1n) is 7.83. The molecule has 27 heavy (non-hydrogen) atoms. The molecule has 1 heterocycles. The third-order valence-electron chi connectivity index (χ3n) is 3.64. The van der Waals surface area contributed by atoms with Crippen molar-refractivity contribution in [2.45, 2.75) is 19.0 Å². The normalized spacial score (nSPS) is 11.0. The summed E-state index contributed by atoms with van der Waals surface area (Å²) in [6, 6.07) is 7.32. The van der Waals surface area contributed by atoms with Crippen LogP contribution in [0.25, 0.3) is 0 Å². The van der Waals surface area contributed by atoms with E-state index in [9.17, 15) is 22.8 Å². The van der Waals surface area contributed by atoms with E-state index in [2.05, 4.69) is 19.8 Å². The minimum atomic E-state index is -4.71. The number of hydrogen-bond donors (Lipinski definition) is 1. The first-order valence-corrected chi connectivity index (χ1v) is 7.83. The largest absolute Gasteiger partial charge is 0.481 e. The van der Waals surface area contributed by atoms with E-state index < -0.39 is 23.5 Å². The van der Waals surface area contributed by atoms with Gasteiger partial charge in [-0.15, -0.1) is 0 Å². The number of benzene rings is 1. The first-order chi connectivity index (χ1) is 12.7. The number of carbonyl (C=O) groups is 2. The molecular formula is C18H17F3N2O4. The molecule has 0 radical (unpaired) electrons. The lowest BCUT2D eigenvalue weighted by Gasteiger charge is -2.12. The highest BCUT2D eigenvalue weighted by molar-refractivity contribution is 6.04. The zero-order valence-corrected chi connectivity index (χ0v) is 14.6. The number of amides is 1. The lowest BCUT2D eigenvalue weighted by molar-refractivity contribution is -0.141. The van der Waals surface area contributed by atoms with E-state index in [1.54, 1.807) is 24.3 Å². The van der Waals surface area contributed by atoms with Crippen molar-refractivity contribution in [3.63, 3.8) is 0 Å². The van der Waals surface area contributed by atoms with Gasteiger partial charge in [0.25, 0.3) is 5.91 Å². The van der Waals surface area contributed by atoms with Crippen LogP contribution in [-0.2, 0) is 22.1 Å². The van der Waals surface area contributed by atoms with Crippen LogP contribution >= 0.6 is 0 Å². The summed E-state index contributed by atoms with van der Waals surface area (Å²) in [4.78, 5) is 27.0. The SMILES string of the molecule is COC(=O)CCc1cccc(NC(=O)c2cnc(OC)c(C(F)(F)F)c2)c1. The fourth-order valence-corrected chi connectivity index (χ4v) is 2.30. The number of halogens is 3. The van der Waals surface area contributed by atoms with Gasteiger partial charge in [0, 0.05) is 18.3 Å². The van der Waals surface area contributed by atoms with Crippen molar-refractivity contribution in [3.8, 4) is 5.88 Å². The average Bonchev–Trinajstić information content (AvgIpc) is 2.65. The molecule has 1 aromatic carbocycles. The number of alkyl halides is 3. The summed E-state index contributed by atoms with van der Waals surface area (Å²) in [7, 11) is 2.36. The number of anilines is 1. The van der Waals surface area contributed by atoms with Gasteiger partial charge in [-0.2, -0.15) is 13.2 Å². The molecule has 1 amide bonds. The third kappa shape index (κ3) is 5.44. The summed E-state index contributed by atoms with van der Waals surface area (Å²) >= 11 is 0. The van der Waals surface area contributed by atoms with Crippen molar-refractivity contribution in [2.75, 3.05) is 19.5 Å². The Morgan fingerprint density at radius 1 is 1.19 bits per heavy atom. The summed E-state index contributed by atoms with van der Waals surface area (Å²) in [5.74, 6) is -1.72. The van der Waals surface area contributed by atoms with Crippen molar-refractivity contribution in [3.05, 3.63) is 53.2 Å². The zero-order chi connectivity index (χ0) is 20.0. The number of ether oxygens (including phenoxy) is 2. The van der Waals surface area contributed by atoms with Crippen molar-refractivity contribution in [2.24, 2.45) is 0 Å². The van der Waals surface area contributed by atoms with E-state index in [0.717, 1.165) is 18.9 Å². The second kappa shape index (κ2) is 8.52. The van der Waals surface area contributed by atoms with Crippen LogP contribution in [-0.4, -0.2) is 31.1 Å². The summed E-state index contributed by atoms with van der Waals surface area (Å²) < 4.78 is 48.3. The van der Waals surface area contributed by atoms with Gasteiger partial charge < -0.3 is 14.8 Å². The Bertz CT molecular complexity index is 838. The summed E-state index contributed by atoms with van der Waals surface area (Å²) in [5.41, 5.74) is -0.249. The number of aromatic nitrogens is 1. The van der Waals surface area contributed by atoms with Crippen LogP contribution in [0.1, 0.15) is 27.9 Å². The van der Waals surface area contributed by atoms with Crippen molar-refractivity contribution in [1.82, 2.24) is 4.98 Å². The quantitative estimate of drug-likeness (QED) is 0.774. The van der Waals surface area contributed by atoms with E-state index in [1.165, 1.54) is 7.11 Å². The van der Waals surface area contributed by atoms with E-state index >= 15 is 0 Å². The zero-order valence-electron chi connectivity index (χ0n) is 14.6. The lowest BCUT2D eigenvalue weighted by Crippen LogP contribution is -2.16. The van der Waals surface area contributed by atoms with E-state index in [0.29, 0.717) is 18.2 Å². The number of hydrogen-bond acceptors (Lipinski definition) is 5. The number of methoxy groups -OCH3 is 2. The van der Waals surface area contributed by atoms with Gasteiger partial charge in [0.05, 0.1) is 19.8 Å². The molecule has 0 saturated carbocycles. The molecular weight excluding hydrogens is 365 g/mol. The molecule has 1 N–H and O–H groups in total. The highest BCUT2D eigenvalue weighted by Crippen LogP contribution is 2.35. The number of carbonyl (C=O) groups excluding carboxylic acids is 2. The van der Waals surface area contributed by atoms with Gasteiger partial charge in [0.15, 0.2) is 0 Å². The van der Waals surface area contributed by atoms with Gasteiger partial charge in [0.2, 0.25) is 5.88 Å². The molecule has 144 valence electrons. The fraction of sp³-hybridized carbons (Fsp3) is 0.278. The minimum absolute atomic E-state index is 0.172. The van der Waals surface area contributed by atoms with Crippen LogP contribution in [0.4, 0.5) is 18.9 Å². The summed E-state index contributed by atoms with van der Waals surface area (Å²) in [5, 5.41) is 2.51. The smallest absolute Gasteiger partial charge is 0.421 e. The average molecular weight is 382 g/mol. The van der Waals surface area contributed by atoms with Crippen molar-refractivity contribution < 1.29 is 32.2 Å². The molecule has 0 aliphatic rings. The number of rotatable bonds is 6. The molecule has 0 atom stereocenters. The van der Waals surface area contributed by atoms with Crippen LogP contribution in [0.15, 0.2) is 36.5 Å². The molecule has 0 bridgehead atoms. The van der Waals surface area contributed by atoms with Gasteiger partial charge in [-0.25, -0.2) is 4.98 Å². The maximum Gasteiger partial charge on any atom is 0.421 e. The van der Waals surface area contributed by atoms with Gasteiger partial charge in [-0.1, -0.05) is 12.1 Å². The minimum Gasteiger partial charge on any atom is -0.481 e. The lowest BCUT2D eigenvalue weighted by atomic mass is 10.1. The van der Waals surface area contributed by atoms with E-state index in [4.69, 9.17) is 0 Å². The maximum atomic E-state index is 13.0. The Labute approximate surface area is 153 Å². The monoisotopic (exact) mass is 382 g/mol. The van der Waals surface area contributed by atoms with Crippen LogP contribution < -0.4 is 10.1 Å². The number of nitrogens with one attached hydrogen (secondary N) is 1. The molecule has 0 unspecified atom stereocenters. The number of aryl methyl sites for hydroxylation is 1. The van der Waals surface area contributed by atoms with E-state index in [-0.39, 0.29) is 18.0 Å². The first kappa shape index (κ1) is 20.2. The number of nitrogens with zero attached hydrogens (tertiary/aromatic N) is 1. The fourth-order valence-electron chi connectivity index (χ4n) is 2.30. The molecule has 0 spiro atoms. The van der Waals surface area contributed by atoms with Gasteiger partial charge in [-0.3, -0.25) is 9.59 Å². The highest BCUT2D eigenvalue weighted by Gasteiger charge is 2.36. The molecule has 2 aromatic rings. The van der Waals surface area contributed by atoms with Gasteiger partial charge >= 0.3 is 12.1 Å². The van der Waals surface area contributed by atoms with Crippen molar-refractivity contribution in [1.29, 1.82) is 0 Å². The van der Waals surface area contributed by atoms with Crippen LogP contribution in [0.5, 0.6) is 5.88 Å². The second-order valence-corrected chi connectivity index (χ2v) is 5.51. The standard InChI is InChI=1S/C18H17F3N2O4/c1-26-15(24)7-6-11-4-3-5-13(8-11)23-16(25)12-9-14(18(19,20)21)17(27-2)22-10-12/h3-5,8-10H,6-7H2,1-2H3,(H,23,25). The number of esters is 1. The van der Waals surface area contributed by atoms with Crippen molar-refractivity contribution >= 4 is 17.6 Å². The predicted octanol–water partition coefficient (Wildman–Crippen LogP) is 3.47. The molecule has 0 aliphatic heterocycles. The highest BCUT2D eigenvalue weighted by atomic mass is 19.4. The summed E-state index contributed by atoms with van der Waals surface area (Å²) in [6.07, 6.45) is -3.13. The Morgan fingerprint density at radius 3 is 2.56 bits per heavy atom. The predicted molar refractivity (Wildman–Crippen MR) is 90.5 cm³/mol. The Hall–Kier alpha value is -3.10. The Balaban J connectivity index is 2.17. The van der Waals surface area contributed by atoms with Gasteiger partial charge in [-0.05, 0) is 30.2 Å². The molecule has 0 saturated heterocycles. The van der Waals surface area contributed by atoms with Crippen LogP contribution in [0, 0.1) is 0 Å². The topological polar surface area (TPSA) is 77.5 Å². The Kier molecular flexibility index (Phi) is 6.38. The van der Waals surface area contributed by atoms with Crippen LogP contribution in [0.3, 0.4) is 0 Å². The molecule has 2 rings (SSSR count). The van der Waals surface area contributed by atoms with E-state index in [1.807, 2.05) is 0 Å². The molecule has 6 nitrogen and oxygen atoms in total. The van der Waals surface area contributed by atoms with Gasteiger partial charge in [0.1, 0.15) is 5.56 Å². The Morgan fingerprint density at radius 2 is 1.93 bits per heavy atom. The maximum absolute atomic E-state index is 13.0. The van der Waals surface area contributed by atoms with Crippen LogP contribution in [0.2, 0.25) is 0 Å². The third-order valence-corrected chi connectivity index (χ3v) is 3.64. The molecule has 0 aliphatic carbocycles. The second-order valence-electron chi connectivity index (χ2n) is 5.51. The molecule has 0 fully saturated rings. The summed E-state index contributed by atoms with van der Waals surface area (Å²) in [6.45, 7) is 0.